The molecule has 1 rings (SSSR count). The van der Waals surface area contributed by atoms with Gasteiger partial charge in [0, 0.05) is 0 Å². The van der Waals surface area contributed by atoms with Crippen molar-refractivity contribution in [3.8, 4) is 6.07 Å². The maximum Gasteiger partial charge on any atom is 0.410 e. The van der Waals surface area contributed by atoms with Crippen LogP contribution in [0, 0.1) is 11.3 Å². The summed E-state index contributed by atoms with van der Waals surface area (Å²) in [5, 5.41) is 8.79. The number of amides is 1. The molecule has 0 aromatic rings. The lowest BCUT2D eigenvalue weighted by molar-refractivity contribution is -0.0592. The Hall–Kier alpha value is -1.28. The van der Waals surface area contributed by atoms with E-state index in [-0.39, 0.29) is 18.7 Å². The van der Waals surface area contributed by atoms with Gasteiger partial charge >= 0.3 is 6.09 Å². The van der Waals surface area contributed by atoms with E-state index in [1.165, 1.54) is 4.90 Å². The molecule has 1 aliphatic rings. The van der Waals surface area contributed by atoms with Gasteiger partial charge in [0.15, 0.2) is 6.10 Å². The topological polar surface area (TPSA) is 62.6 Å². The predicted octanol–water partition coefficient (Wildman–Crippen LogP) is 1.53. The van der Waals surface area contributed by atoms with E-state index in [0.29, 0.717) is 6.54 Å². The first-order valence-electron chi connectivity index (χ1n) is 5.35. The van der Waals surface area contributed by atoms with Crippen LogP contribution in [0.3, 0.4) is 0 Å². The third-order valence-corrected chi connectivity index (χ3v) is 2.06. The molecule has 1 saturated heterocycles. The average molecular weight is 226 g/mol. The van der Waals surface area contributed by atoms with Crippen LogP contribution in [0.2, 0.25) is 0 Å². The van der Waals surface area contributed by atoms with Gasteiger partial charge in [0.1, 0.15) is 5.60 Å². The molecule has 0 aromatic carbocycles. The van der Waals surface area contributed by atoms with E-state index in [9.17, 15) is 4.79 Å². The van der Waals surface area contributed by atoms with Gasteiger partial charge in [0.05, 0.1) is 25.3 Å². The molecular formula is C11H18N2O3. The van der Waals surface area contributed by atoms with Gasteiger partial charge in [-0.05, 0) is 27.7 Å². The van der Waals surface area contributed by atoms with Crippen LogP contribution in [0.4, 0.5) is 4.79 Å². The van der Waals surface area contributed by atoms with E-state index in [0.717, 1.165) is 0 Å². The fourth-order valence-electron chi connectivity index (χ4n) is 1.50. The Morgan fingerprint density at radius 2 is 2.12 bits per heavy atom. The highest BCUT2D eigenvalue weighted by molar-refractivity contribution is 5.68. The van der Waals surface area contributed by atoms with Crippen LogP contribution in [-0.4, -0.2) is 41.9 Å². The van der Waals surface area contributed by atoms with Gasteiger partial charge in [0.2, 0.25) is 0 Å². The van der Waals surface area contributed by atoms with Gasteiger partial charge in [-0.1, -0.05) is 0 Å². The summed E-state index contributed by atoms with van der Waals surface area (Å²) in [4.78, 5) is 13.3. The molecule has 0 aliphatic carbocycles. The lowest BCUT2D eigenvalue weighted by atomic mass is 10.2. The number of nitriles is 1. The number of hydrogen-bond donors (Lipinski definition) is 0. The number of nitrogens with zero attached hydrogens (tertiary/aromatic N) is 2. The van der Waals surface area contributed by atoms with Gasteiger partial charge < -0.3 is 14.4 Å². The van der Waals surface area contributed by atoms with E-state index in [2.05, 4.69) is 0 Å². The van der Waals surface area contributed by atoms with Crippen molar-refractivity contribution >= 4 is 6.09 Å². The Morgan fingerprint density at radius 1 is 1.50 bits per heavy atom. The van der Waals surface area contributed by atoms with Crippen molar-refractivity contribution in [2.45, 2.75) is 45.5 Å². The molecule has 2 atom stereocenters. The van der Waals surface area contributed by atoms with Crippen molar-refractivity contribution in [3.63, 3.8) is 0 Å². The van der Waals surface area contributed by atoms with E-state index < -0.39 is 11.7 Å². The number of carbonyl (C=O) groups is 1. The quantitative estimate of drug-likeness (QED) is 0.628. The van der Waals surface area contributed by atoms with Crippen LogP contribution in [-0.2, 0) is 9.47 Å². The minimum atomic E-state index is -0.559. The summed E-state index contributed by atoms with van der Waals surface area (Å²) in [6, 6.07) is 2.01. The summed E-state index contributed by atoms with van der Waals surface area (Å²) in [6.45, 7) is 8.02. The predicted molar refractivity (Wildman–Crippen MR) is 57.8 cm³/mol. The molecule has 90 valence electrons. The molecule has 0 bridgehead atoms. The summed E-state index contributed by atoms with van der Waals surface area (Å²) in [6.07, 6.45) is -1.08. The third kappa shape index (κ3) is 3.70. The van der Waals surface area contributed by atoms with E-state index in [4.69, 9.17) is 14.7 Å². The van der Waals surface area contributed by atoms with Crippen LogP contribution in [0.25, 0.3) is 0 Å². The molecule has 0 spiro atoms. The first-order chi connectivity index (χ1) is 7.31. The summed E-state index contributed by atoms with van der Waals surface area (Å²) < 4.78 is 10.6. The van der Waals surface area contributed by atoms with Gasteiger partial charge in [-0.15, -0.1) is 0 Å². The van der Waals surface area contributed by atoms with Crippen LogP contribution in [0.1, 0.15) is 27.7 Å². The summed E-state index contributed by atoms with van der Waals surface area (Å²) in [7, 11) is 0. The largest absolute Gasteiger partial charge is 0.444 e. The Kier molecular flexibility index (Phi) is 3.76. The summed E-state index contributed by atoms with van der Waals surface area (Å²) in [5.41, 5.74) is -0.513. The molecule has 16 heavy (non-hydrogen) atoms. The molecule has 1 amide bonds. The zero-order chi connectivity index (χ0) is 12.3. The van der Waals surface area contributed by atoms with E-state index in [1.54, 1.807) is 0 Å². The van der Waals surface area contributed by atoms with E-state index >= 15 is 0 Å². The third-order valence-electron chi connectivity index (χ3n) is 2.06. The Balaban J connectivity index is 2.59. The second-order valence-corrected chi connectivity index (χ2v) is 4.95. The minimum Gasteiger partial charge on any atom is -0.444 e. The molecule has 1 heterocycles. The summed E-state index contributed by atoms with van der Waals surface area (Å²) >= 11 is 0. The highest BCUT2D eigenvalue weighted by Gasteiger charge is 2.31. The van der Waals surface area contributed by atoms with Crippen molar-refractivity contribution in [3.05, 3.63) is 0 Å². The van der Waals surface area contributed by atoms with Crippen molar-refractivity contribution in [2.24, 2.45) is 0 Å². The molecule has 0 aromatic heterocycles. The maximum absolute atomic E-state index is 11.8. The lowest BCUT2D eigenvalue weighted by Gasteiger charge is -2.34. The SMILES string of the molecule is CC1CN(C(=O)OC(C)(C)C)CC(C#N)O1. The standard InChI is InChI=1S/C11H18N2O3/c1-8-6-13(7-9(5-12)15-8)10(14)16-11(2,3)4/h8-9H,6-7H2,1-4H3. The highest BCUT2D eigenvalue weighted by Crippen LogP contribution is 2.15. The first-order valence-corrected chi connectivity index (χ1v) is 5.35. The van der Waals surface area contributed by atoms with Crippen LogP contribution < -0.4 is 0 Å². The van der Waals surface area contributed by atoms with Crippen molar-refractivity contribution in [1.29, 1.82) is 5.26 Å². The maximum atomic E-state index is 11.8. The molecule has 1 fully saturated rings. The molecule has 0 saturated carbocycles. The fourth-order valence-corrected chi connectivity index (χ4v) is 1.50. The molecule has 2 unspecified atom stereocenters. The molecule has 5 heteroatoms. The van der Waals surface area contributed by atoms with Gasteiger partial charge in [-0.3, -0.25) is 0 Å². The molecule has 1 aliphatic heterocycles. The number of morpholine rings is 1. The Morgan fingerprint density at radius 3 is 2.62 bits per heavy atom. The molecule has 0 radical (unpaired) electrons. The second-order valence-electron chi connectivity index (χ2n) is 4.95. The van der Waals surface area contributed by atoms with Gasteiger partial charge in [-0.2, -0.15) is 5.26 Å². The average Bonchev–Trinajstić information content (AvgIpc) is 2.14. The van der Waals surface area contributed by atoms with Gasteiger partial charge in [-0.25, -0.2) is 4.79 Å². The number of hydrogen-bond acceptors (Lipinski definition) is 4. The molecule has 0 N–H and O–H groups in total. The van der Waals surface area contributed by atoms with Crippen LogP contribution in [0.15, 0.2) is 0 Å². The van der Waals surface area contributed by atoms with Crippen molar-refractivity contribution in [2.75, 3.05) is 13.1 Å². The fraction of sp³-hybridized carbons (Fsp3) is 0.818. The zero-order valence-electron chi connectivity index (χ0n) is 10.2. The second kappa shape index (κ2) is 4.71. The van der Waals surface area contributed by atoms with Crippen molar-refractivity contribution < 1.29 is 14.3 Å². The van der Waals surface area contributed by atoms with Crippen molar-refractivity contribution in [1.82, 2.24) is 4.90 Å². The summed E-state index contributed by atoms with van der Waals surface area (Å²) in [5.74, 6) is 0. The minimum absolute atomic E-state index is 0.133. The smallest absolute Gasteiger partial charge is 0.410 e. The van der Waals surface area contributed by atoms with Crippen LogP contribution >= 0.6 is 0 Å². The zero-order valence-corrected chi connectivity index (χ0v) is 10.2. The first kappa shape index (κ1) is 12.8. The molecule has 5 nitrogen and oxygen atoms in total. The lowest BCUT2D eigenvalue weighted by Crippen LogP contribution is -2.50. The Bertz CT molecular complexity index is 303. The Labute approximate surface area is 95.9 Å². The highest BCUT2D eigenvalue weighted by atomic mass is 16.6. The number of ether oxygens (including phenoxy) is 2. The molecular weight excluding hydrogens is 208 g/mol. The number of rotatable bonds is 0. The normalized spacial score (nSPS) is 26.1. The van der Waals surface area contributed by atoms with E-state index in [1.807, 2.05) is 33.8 Å². The van der Waals surface area contributed by atoms with Gasteiger partial charge in [0.25, 0.3) is 0 Å². The monoisotopic (exact) mass is 226 g/mol. The van der Waals surface area contributed by atoms with Crippen LogP contribution in [0.5, 0.6) is 0 Å². The number of carbonyl (C=O) groups excluding carboxylic acids is 1.